The summed E-state index contributed by atoms with van der Waals surface area (Å²) in [5.41, 5.74) is 1.29. The molecule has 0 saturated carbocycles. The summed E-state index contributed by atoms with van der Waals surface area (Å²) >= 11 is 2.82. The van der Waals surface area contributed by atoms with Crippen molar-refractivity contribution < 1.29 is 9.53 Å². The van der Waals surface area contributed by atoms with Crippen LogP contribution in [0.4, 0.5) is 5.13 Å². The van der Waals surface area contributed by atoms with Gasteiger partial charge in [0, 0.05) is 32.7 Å². The summed E-state index contributed by atoms with van der Waals surface area (Å²) in [5.74, 6) is 0.292. The van der Waals surface area contributed by atoms with Crippen molar-refractivity contribution in [3.05, 3.63) is 48.6 Å². The van der Waals surface area contributed by atoms with Crippen molar-refractivity contribution in [1.82, 2.24) is 20.4 Å². The summed E-state index contributed by atoms with van der Waals surface area (Å²) in [4.78, 5) is 14.5. The number of morpholine rings is 1. The molecule has 2 N–H and O–H groups in total. The molecule has 2 aromatic rings. The van der Waals surface area contributed by atoms with Gasteiger partial charge in [-0.1, -0.05) is 59.5 Å². The SMILES string of the molecule is C=CCNc1nnc(SCC(=O)NCC2CN(Cc3ccccc3)CCO2)s1. The second kappa shape index (κ2) is 11.2. The third-order valence-corrected chi connectivity index (χ3v) is 6.14. The number of hydrogen-bond donors (Lipinski definition) is 2. The fourth-order valence-electron chi connectivity index (χ4n) is 2.79. The maximum atomic E-state index is 12.1. The maximum absolute atomic E-state index is 12.1. The second-order valence-corrected chi connectivity index (χ2v) is 8.55. The van der Waals surface area contributed by atoms with Gasteiger partial charge in [-0.05, 0) is 5.56 Å². The first-order chi connectivity index (χ1) is 13.7. The smallest absolute Gasteiger partial charge is 0.230 e. The minimum Gasteiger partial charge on any atom is -0.374 e. The highest BCUT2D eigenvalue weighted by atomic mass is 32.2. The van der Waals surface area contributed by atoms with Crippen LogP contribution in [-0.2, 0) is 16.1 Å². The number of anilines is 1. The van der Waals surface area contributed by atoms with Crippen LogP contribution < -0.4 is 10.6 Å². The normalized spacial score (nSPS) is 17.2. The Bertz CT molecular complexity index is 756. The molecule has 1 unspecified atom stereocenters. The van der Waals surface area contributed by atoms with Crippen molar-refractivity contribution in [2.45, 2.75) is 17.0 Å². The van der Waals surface area contributed by atoms with Crippen LogP contribution in [0.3, 0.4) is 0 Å². The Labute approximate surface area is 173 Å². The van der Waals surface area contributed by atoms with Crippen LogP contribution in [-0.4, -0.2) is 65.6 Å². The monoisotopic (exact) mass is 419 g/mol. The van der Waals surface area contributed by atoms with Crippen molar-refractivity contribution >= 4 is 34.1 Å². The Hall–Kier alpha value is -1.94. The fraction of sp³-hybridized carbons (Fsp3) is 0.421. The lowest BCUT2D eigenvalue weighted by Gasteiger charge is -2.33. The molecule has 0 bridgehead atoms. The van der Waals surface area contributed by atoms with Crippen molar-refractivity contribution in [3.63, 3.8) is 0 Å². The average Bonchev–Trinajstić information content (AvgIpc) is 3.18. The first kappa shape index (κ1) is 20.8. The predicted molar refractivity (Wildman–Crippen MR) is 114 cm³/mol. The summed E-state index contributed by atoms with van der Waals surface area (Å²) in [6.07, 6.45) is 1.78. The Morgan fingerprint density at radius 2 is 2.25 bits per heavy atom. The molecule has 1 fully saturated rings. The van der Waals surface area contributed by atoms with E-state index in [1.165, 1.54) is 28.7 Å². The molecular formula is C19H25N5O2S2. The highest BCUT2D eigenvalue weighted by molar-refractivity contribution is 8.01. The highest BCUT2D eigenvalue weighted by Gasteiger charge is 2.21. The topological polar surface area (TPSA) is 79.4 Å². The van der Waals surface area contributed by atoms with Gasteiger partial charge in [0.2, 0.25) is 11.0 Å². The molecule has 3 rings (SSSR count). The van der Waals surface area contributed by atoms with Crippen LogP contribution in [0.1, 0.15) is 5.56 Å². The zero-order valence-corrected chi connectivity index (χ0v) is 17.3. The highest BCUT2D eigenvalue weighted by Crippen LogP contribution is 2.25. The van der Waals surface area contributed by atoms with Gasteiger partial charge in [-0.25, -0.2) is 0 Å². The molecule has 7 nitrogen and oxygen atoms in total. The Kier molecular flexibility index (Phi) is 8.28. The van der Waals surface area contributed by atoms with Gasteiger partial charge in [0.1, 0.15) is 0 Å². The molecule has 1 aliphatic heterocycles. The third kappa shape index (κ3) is 6.90. The molecule has 0 radical (unpaired) electrons. The molecule has 1 saturated heterocycles. The summed E-state index contributed by atoms with van der Waals surface area (Å²) in [6, 6.07) is 10.4. The number of amides is 1. The fourth-order valence-corrected chi connectivity index (χ4v) is 4.38. The van der Waals surface area contributed by atoms with Gasteiger partial charge < -0.3 is 15.4 Å². The van der Waals surface area contributed by atoms with Crippen LogP contribution in [0.2, 0.25) is 0 Å². The summed E-state index contributed by atoms with van der Waals surface area (Å²) in [7, 11) is 0. The van der Waals surface area contributed by atoms with E-state index in [1.807, 2.05) is 6.07 Å². The Balaban J connectivity index is 1.35. The number of benzene rings is 1. The zero-order chi connectivity index (χ0) is 19.6. The Morgan fingerprint density at radius 1 is 1.39 bits per heavy atom. The van der Waals surface area contributed by atoms with E-state index in [0.29, 0.717) is 25.4 Å². The van der Waals surface area contributed by atoms with E-state index < -0.39 is 0 Å². The zero-order valence-electron chi connectivity index (χ0n) is 15.7. The van der Waals surface area contributed by atoms with Crippen LogP contribution in [0.15, 0.2) is 47.3 Å². The molecule has 1 aromatic heterocycles. The molecule has 150 valence electrons. The number of thioether (sulfide) groups is 1. The van der Waals surface area contributed by atoms with E-state index >= 15 is 0 Å². The van der Waals surface area contributed by atoms with Gasteiger partial charge >= 0.3 is 0 Å². The molecule has 1 atom stereocenters. The van der Waals surface area contributed by atoms with Crippen LogP contribution in [0.25, 0.3) is 0 Å². The minimum atomic E-state index is -0.0235. The van der Waals surface area contributed by atoms with Gasteiger partial charge in [-0.2, -0.15) is 0 Å². The first-order valence-electron chi connectivity index (χ1n) is 9.18. The number of nitrogens with one attached hydrogen (secondary N) is 2. The molecule has 0 spiro atoms. The lowest BCUT2D eigenvalue weighted by Crippen LogP contribution is -2.47. The molecule has 1 aliphatic rings. The van der Waals surface area contributed by atoms with E-state index in [2.05, 4.69) is 56.6 Å². The number of carbonyl (C=O) groups excluding carboxylic acids is 1. The van der Waals surface area contributed by atoms with Crippen molar-refractivity contribution in [2.75, 3.05) is 43.9 Å². The maximum Gasteiger partial charge on any atom is 0.230 e. The van der Waals surface area contributed by atoms with Gasteiger partial charge in [0.25, 0.3) is 0 Å². The first-order valence-corrected chi connectivity index (χ1v) is 11.0. The van der Waals surface area contributed by atoms with Gasteiger partial charge in [0.15, 0.2) is 4.34 Å². The molecular weight excluding hydrogens is 394 g/mol. The van der Waals surface area contributed by atoms with E-state index in [0.717, 1.165) is 29.1 Å². The third-order valence-electron chi connectivity index (χ3n) is 4.13. The van der Waals surface area contributed by atoms with Crippen molar-refractivity contribution in [1.29, 1.82) is 0 Å². The Morgan fingerprint density at radius 3 is 3.07 bits per heavy atom. The summed E-state index contributed by atoms with van der Waals surface area (Å²) in [5, 5.41) is 14.9. The molecule has 2 heterocycles. The van der Waals surface area contributed by atoms with Crippen LogP contribution in [0, 0.1) is 0 Å². The van der Waals surface area contributed by atoms with Crippen LogP contribution in [0.5, 0.6) is 0 Å². The molecule has 0 aliphatic carbocycles. The second-order valence-electron chi connectivity index (χ2n) is 6.35. The number of hydrogen-bond acceptors (Lipinski definition) is 8. The number of ether oxygens (including phenoxy) is 1. The van der Waals surface area contributed by atoms with E-state index in [4.69, 9.17) is 4.74 Å². The van der Waals surface area contributed by atoms with Gasteiger partial charge in [-0.3, -0.25) is 9.69 Å². The predicted octanol–water partition coefficient (Wildman–Crippen LogP) is 2.25. The minimum absolute atomic E-state index is 0.0163. The lowest BCUT2D eigenvalue weighted by molar-refractivity contribution is -0.119. The molecule has 1 amide bonds. The summed E-state index contributed by atoms with van der Waals surface area (Å²) in [6.45, 7) is 8.13. The molecule has 1 aromatic carbocycles. The number of carbonyl (C=O) groups is 1. The summed E-state index contributed by atoms with van der Waals surface area (Å²) < 4.78 is 6.57. The van der Waals surface area contributed by atoms with E-state index in [9.17, 15) is 4.79 Å². The largest absolute Gasteiger partial charge is 0.374 e. The standard InChI is InChI=1S/C19H25N5O2S2/c1-2-8-20-18-22-23-19(28-18)27-14-17(25)21-11-16-13-24(9-10-26-16)12-15-6-4-3-5-7-15/h2-7,16H,1,8-14H2,(H,20,22)(H,21,25). The molecule has 9 heteroatoms. The van der Waals surface area contributed by atoms with Gasteiger partial charge in [0.05, 0.1) is 18.5 Å². The van der Waals surface area contributed by atoms with Crippen molar-refractivity contribution in [3.8, 4) is 0 Å². The molecule has 28 heavy (non-hydrogen) atoms. The van der Waals surface area contributed by atoms with Gasteiger partial charge in [-0.15, -0.1) is 16.8 Å². The quantitative estimate of drug-likeness (QED) is 0.452. The van der Waals surface area contributed by atoms with Crippen LogP contribution >= 0.6 is 23.1 Å². The number of rotatable bonds is 10. The van der Waals surface area contributed by atoms with E-state index in [-0.39, 0.29) is 12.0 Å². The van der Waals surface area contributed by atoms with E-state index in [1.54, 1.807) is 6.08 Å². The average molecular weight is 420 g/mol. The number of nitrogens with zero attached hydrogens (tertiary/aromatic N) is 3. The number of aromatic nitrogens is 2. The van der Waals surface area contributed by atoms with Crippen molar-refractivity contribution in [2.24, 2.45) is 0 Å². The lowest BCUT2D eigenvalue weighted by atomic mass is 10.2.